The van der Waals surface area contributed by atoms with Gasteiger partial charge in [0.2, 0.25) is 5.91 Å². The number of benzene rings is 2. The molecule has 9 heteroatoms. The molecule has 3 rings (SSSR count). The van der Waals surface area contributed by atoms with Gasteiger partial charge in [-0.25, -0.2) is 12.8 Å². The number of sulfonamides is 1. The number of carbonyl (C=O) groups is 1. The van der Waals surface area contributed by atoms with Crippen molar-refractivity contribution in [2.45, 2.75) is 11.4 Å². The van der Waals surface area contributed by atoms with Crippen LogP contribution >= 0.6 is 11.6 Å². The molecule has 0 saturated carbocycles. The Bertz CT molecular complexity index is 1100. The molecule has 2 aromatic carbocycles. The number of carbonyl (C=O) groups excluding carboxylic acids is 1. The van der Waals surface area contributed by atoms with Crippen LogP contribution in [0.4, 0.5) is 10.1 Å². The van der Waals surface area contributed by atoms with Crippen molar-refractivity contribution in [2.24, 2.45) is 0 Å². The average molecular weight is 434 g/mol. The van der Waals surface area contributed by atoms with E-state index in [1.54, 1.807) is 42.6 Å². The van der Waals surface area contributed by atoms with E-state index in [0.717, 1.165) is 10.4 Å². The van der Waals surface area contributed by atoms with E-state index in [4.69, 9.17) is 11.6 Å². The van der Waals surface area contributed by atoms with E-state index in [0.29, 0.717) is 5.69 Å². The molecule has 0 aliphatic carbocycles. The smallest absolute Gasteiger partial charge is 0.264 e. The number of halogens is 2. The number of hydrogen-bond donors (Lipinski definition) is 1. The fraction of sp³-hybridized carbons (Fsp3) is 0.100. The van der Waals surface area contributed by atoms with Crippen LogP contribution in [0.1, 0.15) is 5.69 Å². The minimum Gasteiger partial charge on any atom is -0.349 e. The van der Waals surface area contributed by atoms with Gasteiger partial charge >= 0.3 is 0 Å². The van der Waals surface area contributed by atoms with E-state index >= 15 is 0 Å². The molecule has 0 spiro atoms. The van der Waals surface area contributed by atoms with Gasteiger partial charge in [-0.2, -0.15) is 0 Å². The number of pyridine rings is 1. The maximum Gasteiger partial charge on any atom is 0.264 e. The lowest BCUT2D eigenvalue weighted by Gasteiger charge is -2.24. The summed E-state index contributed by atoms with van der Waals surface area (Å²) in [6.45, 7) is -0.366. The molecule has 150 valence electrons. The summed E-state index contributed by atoms with van der Waals surface area (Å²) in [4.78, 5) is 16.6. The first-order chi connectivity index (χ1) is 13.9. The first-order valence-electron chi connectivity index (χ1n) is 8.57. The topological polar surface area (TPSA) is 79.4 Å². The predicted molar refractivity (Wildman–Crippen MR) is 108 cm³/mol. The van der Waals surface area contributed by atoms with Crippen LogP contribution in [0.25, 0.3) is 0 Å². The Labute approximate surface area is 173 Å². The quantitative estimate of drug-likeness (QED) is 0.619. The molecule has 0 atom stereocenters. The third-order valence-electron chi connectivity index (χ3n) is 4.00. The lowest BCUT2D eigenvalue weighted by molar-refractivity contribution is -0.119. The largest absolute Gasteiger partial charge is 0.349 e. The predicted octanol–water partition coefficient (Wildman–Crippen LogP) is 3.39. The third-order valence-corrected chi connectivity index (χ3v) is 6.08. The van der Waals surface area contributed by atoms with Crippen LogP contribution in [-0.2, 0) is 21.4 Å². The minimum absolute atomic E-state index is 0.00188. The molecule has 0 radical (unpaired) electrons. The molecule has 0 fully saturated rings. The van der Waals surface area contributed by atoms with E-state index in [1.165, 1.54) is 24.3 Å². The molecule has 1 aromatic heterocycles. The van der Waals surface area contributed by atoms with Gasteiger partial charge in [0.1, 0.15) is 12.4 Å². The summed E-state index contributed by atoms with van der Waals surface area (Å²) < 4.78 is 40.7. The number of hydrogen-bond acceptors (Lipinski definition) is 4. The third kappa shape index (κ3) is 5.10. The van der Waals surface area contributed by atoms with Gasteiger partial charge in [-0.3, -0.25) is 14.1 Å². The summed E-state index contributed by atoms with van der Waals surface area (Å²) in [7, 11) is -4.09. The van der Waals surface area contributed by atoms with Gasteiger partial charge in [-0.1, -0.05) is 35.9 Å². The molecule has 29 heavy (non-hydrogen) atoms. The van der Waals surface area contributed by atoms with Gasteiger partial charge in [-0.05, 0) is 42.5 Å². The van der Waals surface area contributed by atoms with Crippen LogP contribution in [0.3, 0.4) is 0 Å². The molecule has 0 bridgehead atoms. The van der Waals surface area contributed by atoms with Gasteiger partial charge < -0.3 is 5.32 Å². The maximum atomic E-state index is 13.6. The number of rotatable bonds is 7. The molecule has 0 saturated heterocycles. The highest BCUT2D eigenvalue weighted by atomic mass is 35.5. The highest BCUT2D eigenvalue weighted by Gasteiger charge is 2.27. The van der Waals surface area contributed by atoms with Gasteiger partial charge in [0, 0.05) is 6.20 Å². The van der Waals surface area contributed by atoms with Crippen LogP contribution in [0.2, 0.25) is 5.02 Å². The molecule has 1 amide bonds. The zero-order valence-corrected chi connectivity index (χ0v) is 16.7. The summed E-state index contributed by atoms with van der Waals surface area (Å²) >= 11 is 5.83. The fourth-order valence-electron chi connectivity index (χ4n) is 2.55. The summed E-state index contributed by atoms with van der Waals surface area (Å²) in [5, 5.41) is 2.39. The molecular formula is C20H17ClFN3O3S. The molecule has 1 heterocycles. The van der Waals surface area contributed by atoms with Crippen molar-refractivity contribution in [3.05, 3.63) is 89.5 Å². The van der Waals surface area contributed by atoms with Crippen molar-refractivity contribution in [1.29, 1.82) is 0 Å². The molecular weight excluding hydrogens is 417 g/mol. The molecule has 0 aliphatic heterocycles. The number of nitrogens with one attached hydrogen (secondary N) is 1. The Balaban J connectivity index is 1.88. The number of amides is 1. The van der Waals surface area contributed by atoms with Crippen molar-refractivity contribution in [3.8, 4) is 0 Å². The lowest BCUT2D eigenvalue weighted by Crippen LogP contribution is -2.40. The highest BCUT2D eigenvalue weighted by molar-refractivity contribution is 7.92. The summed E-state index contributed by atoms with van der Waals surface area (Å²) in [6.07, 6.45) is 1.59. The monoisotopic (exact) mass is 433 g/mol. The average Bonchev–Trinajstić information content (AvgIpc) is 2.74. The van der Waals surface area contributed by atoms with E-state index in [9.17, 15) is 17.6 Å². The van der Waals surface area contributed by atoms with Crippen molar-refractivity contribution in [2.75, 3.05) is 10.8 Å². The standard InChI is InChI=1S/C20H17ClFN3O3S/c21-18-12-16(9-10-19(18)22)25(29(27,28)17-7-2-1-3-8-17)14-20(26)24-13-15-6-4-5-11-23-15/h1-12H,13-14H2,(H,24,26). The maximum absolute atomic E-state index is 13.6. The van der Waals surface area contributed by atoms with E-state index < -0.39 is 28.3 Å². The lowest BCUT2D eigenvalue weighted by atomic mass is 10.3. The summed E-state index contributed by atoms with van der Waals surface area (Å²) in [5.41, 5.74) is 0.705. The summed E-state index contributed by atoms with van der Waals surface area (Å²) in [5.74, 6) is -1.23. The van der Waals surface area contributed by atoms with Crippen molar-refractivity contribution >= 4 is 33.2 Å². The second-order valence-corrected chi connectivity index (χ2v) is 8.29. The molecule has 0 aliphatic rings. The first-order valence-corrected chi connectivity index (χ1v) is 10.4. The molecule has 3 aromatic rings. The van der Waals surface area contributed by atoms with Crippen LogP contribution < -0.4 is 9.62 Å². The second kappa shape index (κ2) is 9.02. The Kier molecular flexibility index (Phi) is 6.46. The second-order valence-electron chi connectivity index (χ2n) is 6.02. The van der Waals surface area contributed by atoms with E-state index in [1.807, 2.05) is 0 Å². The summed E-state index contributed by atoms with van der Waals surface area (Å²) in [6, 6.07) is 16.4. The SMILES string of the molecule is O=C(CN(c1ccc(F)c(Cl)c1)S(=O)(=O)c1ccccc1)NCc1ccccn1. The minimum atomic E-state index is -4.09. The van der Waals surface area contributed by atoms with Crippen molar-refractivity contribution < 1.29 is 17.6 Å². The van der Waals surface area contributed by atoms with E-state index in [-0.39, 0.29) is 22.2 Å². The zero-order valence-electron chi connectivity index (χ0n) is 15.1. The number of nitrogens with zero attached hydrogens (tertiary/aromatic N) is 2. The van der Waals surface area contributed by atoms with Gasteiger partial charge in [-0.15, -0.1) is 0 Å². The first kappa shape index (κ1) is 20.8. The van der Waals surface area contributed by atoms with Crippen LogP contribution in [0.5, 0.6) is 0 Å². The Morgan fingerprint density at radius 3 is 2.45 bits per heavy atom. The molecule has 6 nitrogen and oxygen atoms in total. The van der Waals surface area contributed by atoms with Gasteiger partial charge in [0.15, 0.2) is 0 Å². The number of aromatic nitrogens is 1. The van der Waals surface area contributed by atoms with Gasteiger partial charge in [0.05, 0.1) is 27.8 Å². The van der Waals surface area contributed by atoms with Crippen molar-refractivity contribution in [1.82, 2.24) is 10.3 Å². The Hall–Kier alpha value is -2.97. The number of anilines is 1. The fourth-order valence-corrected chi connectivity index (χ4v) is 4.16. The van der Waals surface area contributed by atoms with Crippen LogP contribution in [-0.4, -0.2) is 25.9 Å². The normalized spacial score (nSPS) is 11.1. The van der Waals surface area contributed by atoms with E-state index in [2.05, 4.69) is 10.3 Å². The van der Waals surface area contributed by atoms with Crippen molar-refractivity contribution in [3.63, 3.8) is 0 Å². The van der Waals surface area contributed by atoms with Crippen LogP contribution in [0.15, 0.2) is 77.8 Å². The molecule has 1 N–H and O–H groups in total. The zero-order chi connectivity index (χ0) is 20.9. The highest BCUT2D eigenvalue weighted by Crippen LogP contribution is 2.27. The Morgan fingerprint density at radius 2 is 1.79 bits per heavy atom. The molecule has 0 unspecified atom stereocenters. The van der Waals surface area contributed by atoms with Crippen LogP contribution in [0, 0.1) is 5.82 Å². The Morgan fingerprint density at radius 1 is 1.07 bits per heavy atom. The van der Waals surface area contributed by atoms with Gasteiger partial charge in [0.25, 0.3) is 10.0 Å².